The van der Waals surface area contributed by atoms with Crippen molar-refractivity contribution in [3.63, 3.8) is 0 Å². The topological polar surface area (TPSA) is 92.2 Å². The van der Waals surface area contributed by atoms with Crippen LogP contribution in [0.2, 0.25) is 5.28 Å². The SMILES string of the molecule is O=C(O)C1CCC(C(=O)Nc2ccnc(Cl)n2)C1. The molecule has 1 heterocycles. The largest absolute Gasteiger partial charge is 0.481 e. The number of carbonyl (C=O) groups excluding carboxylic acids is 1. The number of nitrogens with one attached hydrogen (secondary N) is 1. The fourth-order valence-corrected chi connectivity index (χ4v) is 2.22. The summed E-state index contributed by atoms with van der Waals surface area (Å²) in [6.07, 6.45) is 2.94. The first-order valence-corrected chi connectivity index (χ1v) is 5.96. The van der Waals surface area contributed by atoms with Gasteiger partial charge in [-0.15, -0.1) is 0 Å². The van der Waals surface area contributed by atoms with E-state index in [0.29, 0.717) is 25.1 Å². The zero-order valence-electron chi connectivity index (χ0n) is 9.47. The first-order chi connectivity index (χ1) is 8.56. The standard InChI is InChI=1S/C11H12ClN3O3/c12-11-13-4-3-8(15-11)14-9(16)6-1-2-7(5-6)10(17)18/h3-4,6-7H,1-2,5H2,(H,17,18)(H,13,14,15,16). The maximum atomic E-state index is 11.9. The first-order valence-electron chi connectivity index (χ1n) is 5.58. The number of rotatable bonds is 3. The fraction of sp³-hybridized carbons (Fsp3) is 0.455. The van der Waals surface area contributed by atoms with Crippen LogP contribution in [0, 0.1) is 11.8 Å². The molecule has 0 aromatic carbocycles. The zero-order valence-corrected chi connectivity index (χ0v) is 10.2. The minimum absolute atomic E-state index is 0.0580. The van der Waals surface area contributed by atoms with E-state index in [1.54, 1.807) is 0 Å². The molecule has 18 heavy (non-hydrogen) atoms. The minimum atomic E-state index is -0.838. The second kappa shape index (κ2) is 5.30. The molecule has 0 saturated heterocycles. The maximum absolute atomic E-state index is 11.9. The van der Waals surface area contributed by atoms with Crippen molar-refractivity contribution in [1.29, 1.82) is 0 Å². The summed E-state index contributed by atoms with van der Waals surface area (Å²) in [5, 5.41) is 11.5. The number of anilines is 1. The summed E-state index contributed by atoms with van der Waals surface area (Å²) in [4.78, 5) is 30.2. The number of nitrogens with zero attached hydrogens (tertiary/aromatic N) is 2. The van der Waals surface area contributed by atoms with E-state index in [9.17, 15) is 9.59 Å². The van der Waals surface area contributed by atoms with Crippen LogP contribution in [0.25, 0.3) is 0 Å². The predicted molar refractivity (Wildman–Crippen MR) is 64.1 cm³/mol. The highest BCUT2D eigenvalue weighted by atomic mass is 35.5. The molecule has 0 spiro atoms. The number of hydrogen-bond donors (Lipinski definition) is 2. The lowest BCUT2D eigenvalue weighted by molar-refractivity contribution is -0.141. The third kappa shape index (κ3) is 2.95. The first kappa shape index (κ1) is 12.8. The van der Waals surface area contributed by atoms with Gasteiger partial charge in [-0.2, -0.15) is 0 Å². The van der Waals surface area contributed by atoms with E-state index in [-0.39, 0.29) is 17.1 Å². The average Bonchev–Trinajstić information content (AvgIpc) is 2.78. The molecule has 1 amide bonds. The summed E-state index contributed by atoms with van der Waals surface area (Å²) in [5.41, 5.74) is 0. The van der Waals surface area contributed by atoms with Crippen LogP contribution < -0.4 is 5.32 Å². The van der Waals surface area contributed by atoms with E-state index < -0.39 is 11.9 Å². The highest BCUT2D eigenvalue weighted by Crippen LogP contribution is 2.31. The number of amides is 1. The molecule has 2 unspecified atom stereocenters. The number of halogens is 1. The van der Waals surface area contributed by atoms with Gasteiger partial charge in [0.15, 0.2) is 0 Å². The molecular weight excluding hydrogens is 258 g/mol. The van der Waals surface area contributed by atoms with E-state index in [1.807, 2.05) is 0 Å². The van der Waals surface area contributed by atoms with Gasteiger partial charge in [0.1, 0.15) is 5.82 Å². The molecule has 2 atom stereocenters. The Morgan fingerprint density at radius 2 is 2.11 bits per heavy atom. The van der Waals surface area contributed by atoms with Crippen LogP contribution in [0.1, 0.15) is 19.3 Å². The molecule has 1 fully saturated rings. The third-order valence-electron chi connectivity index (χ3n) is 3.03. The number of carboxylic acids is 1. The van der Waals surface area contributed by atoms with Crippen LogP contribution >= 0.6 is 11.6 Å². The van der Waals surface area contributed by atoms with Crippen molar-refractivity contribution in [2.75, 3.05) is 5.32 Å². The van der Waals surface area contributed by atoms with Crippen molar-refractivity contribution in [1.82, 2.24) is 9.97 Å². The molecule has 0 aliphatic heterocycles. The van der Waals surface area contributed by atoms with Gasteiger partial charge < -0.3 is 10.4 Å². The normalized spacial score (nSPS) is 22.7. The Morgan fingerprint density at radius 3 is 2.72 bits per heavy atom. The van der Waals surface area contributed by atoms with Crippen molar-refractivity contribution in [3.05, 3.63) is 17.5 Å². The van der Waals surface area contributed by atoms with Gasteiger partial charge >= 0.3 is 5.97 Å². The van der Waals surface area contributed by atoms with Gasteiger partial charge in [0.05, 0.1) is 5.92 Å². The number of carboxylic acid groups (broad SMARTS) is 1. The maximum Gasteiger partial charge on any atom is 0.306 e. The van der Waals surface area contributed by atoms with Crippen molar-refractivity contribution in [2.45, 2.75) is 19.3 Å². The second-order valence-electron chi connectivity index (χ2n) is 4.25. The summed E-state index contributed by atoms with van der Waals surface area (Å²) in [6, 6.07) is 1.54. The van der Waals surface area contributed by atoms with E-state index in [1.165, 1.54) is 12.3 Å². The Labute approximate surface area is 108 Å². The number of carbonyl (C=O) groups is 2. The highest BCUT2D eigenvalue weighted by molar-refractivity contribution is 6.28. The minimum Gasteiger partial charge on any atom is -0.481 e. The quantitative estimate of drug-likeness (QED) is 0.813. The average molecular weight is 270 g/mol. The van der Waals surface area contributed by atoms with Gasteiger partial charge in [0.2, 0.25) is 11.2 Å². The molecule has 0 bridgehead atoms. The molecule has 96 valence electrons. The van der Waals surface area contributed by atoms with Gasteiger partial charge in [-0.05, 0) is 36.9 Å². The second-order valence-corrected chi connectivity index (χ2v) is 4.58. The lowest BCUT2D eigenvalue weighted by atomic mass is 10.0. The third-order valence-corrected chi connectivity index (χ3v) is 3.21. The monoisotopic (exact) mass is 269 g/mol. The number of aliphatic carboxylic acids is 1. The lowest BCUT2D eigenvalue weighted by Crippen LogP contribution is -2.22. The molecule has 0 radical (unpaired) electrons. The van der Waals surface area contributed by atoms with Gasteiger partial charge in [-0.3, -0.25) is 9.59 Å². The summed E-state index contributed by atoms with van der Waals surface area (Å²) >= 11 is 5.60. The summed E-state index contributed by atoms with van der Waals surface area (Å²) < 4.78 is 0. The van der Waals surface area contributed by atoms with Crippen molar-refractivity contribution < 1.29 is 14.7 Å². The fourth-order valence-electron chi connectivity index (χ4n) is 2.08. The molecule has 1 aromatic rings. The molecule has 6 nitrogen and oxygen atoms in total. The van der Waals surface area contributed by atoms with Crippen LogP contribution in [0.15, 0.2) is 12.3 Å². The molecular formula is C11H12ClN3O3. The summed E-state index contributed by atoms with van der Waals surface area (Å²) in [6.45, 7) is 0. The highest BCUT2D eigenvalue weighted by Gasteiger charge is 2.33. The Balaban J connectivity index is 1.95. The molecule has 1 aliphatic rings. The van der Waals surface area contributed by atoms with E-state index in [0.717, 1.165) is 0 Å². The lowest BCUT2D eigenvalue weighted by Gasteiger charge is -2.09. The van der Waals surface area contributed by atoms with Gasteiger partial charge in [0.25, 0.3) is 0 Å². The zero-order chi connectivity index (χ0) is 13.1. The smallest absolute Gasteiger partial charge is 0.306 e. The Bertz CT molecular complexity index is 480. The van der Waals surface area contributed by atoms with Gasteiger partial charge in [-0.1, -0.05) is 0 Å². The van der Waals surface area contributed by atoms with Crippen LogP contribution in [0.4, 0.5) is 5.82 Å². The Hall–Kier alpha value is -1.69. The van der Waals surface area contributed by atoms with E-state index in [4.69, 9.17) is 16.7 Å². The van der Waals surface area contributed by atoms with Gasteiger partial charge in [-0.25, -0.2) is 9.97 Å². The van der Waals surface area contributed by atoms with Crippen LogP contribution in [0.5, 0.6) is 0 Å². The van der Waals surface area contributed by atoms with Crippen LogP contribution in [0.3, 0.4) is 0 Å². The van der Waals surface area contributed by atoms with Crippen LogP contribution in [-0.2, 0) is 9.59 Å². The number of aromatic nitrogens is 2. The van der Waals surface area contributed by atoms with Crippen molar-refractivity contribution in [2.24, 2.45) is 11.8 Å². The summed E-state index contributed by atoms with van der Waals surface area (Å²) in [7, 11) is 0. The molecule has 2 rings (SSSR count). The Morgan fingerprint density at radius 1 is 1.39 bits per heavy atom. The van der Waals surface area contributed by atoms with Gasteiger partial charge in [0, 0.05) is 12.1 Å². The van der Waals surface area contributed by atoms with E-state index in [2.05, 4.69) is 15.3 Å². The van der Waals surface area contributed by atoms with Crippen molar-refractivity contribution >= 4 is 29.3 Å². The Kier molecular flexibility index (Phi) is 3.76. The molecule has 2 N–H and O–H groups in total. The van der Waals surface area contributed by atoms with Crippen molar-refractivity contribution in [3.8, 4) is 0 Å². The molecule has 1 aromatic heterocycles. The molecule has 1 saturated carbocycles. The molecule has 1 aliphatic carbocycles. The van der Waals surface area contributed by atoms with Crippen LogP contribution in [-0.4, -0.2) is 27.0 Å². The predicted octanol–water partition coefficient (Wildman–Crippen LogP) is 1.57. The summed E-state index contributed by atoms with van der Waals surface area (Å²) in [5.74, 6) is -1.42. The molecule has 7 heteroatoms. The van der Waals surface area contributed by atoms with E-state index >= 15 is 0 Å². The number of hydrogen-bond acceptors (Lipinski definition) is 4.